The fourth-order valence-electron chi connectivity index (χ4n) is 5.12. The van der Waals surface area contributed by atoms with Crippen LogP contribution in [0, 0.1) is 11.3 Å². The van der Waals surface area contributed by atoms with Crippen LogP contribution in [0.2, 0.25) is 0 Å². The van der Waals surface area contributed by atoms with Gasteiger partial charge in [-0.1, -0.05) is 36.4 Å². The summed E-state index contributed by atoms with van der Waals surface area (Å²) in [5.74, 6) is 0.470. The molecular weight excluding hydrogens is 398 g/mol. The number of pyridine rings is 1. The summed E-state index contributed by atoms with van der Waals surface area (Å²) < 4.78 is 0. The Kier molecular flexibility index (Phi) is 7.03. The highest BCUT2D eigenvalue weighted by atomic mass is 16.2. The molecule has 1 N–H and O–H groups in total. The van der Waals surface area contributed by atoms with E-state index in [1.165, 1.54) is 5.56 Å². The highest BCUT2D eigenvalue weighted by molar-refractivity contribution is 5.85. The monoisotopic (exact) mass is 431 g/mol. The first-order valence-electron chi connectivity index (χ1n) is 11.8. The first-order valence-corrected chi connectivity index (χ1v) is 11.8. The van der Waals surface area contributed by atoms with Crippen LogP contribution in [0.15, 0.2) is 60.9 Å². The maximum atomic E-state index is 13.3. The predicted octanol–water partition coefficient (Wildman–Crippen LogP) is 4.39. The van der Waals surface area contributed by atoms with Crippen molar-refractivity contribution < 1.29 is 9.59 Å². The van der Waals surface area contributed by atoms with E-state index in [2.05, 4.69) is 34.6 Å². The number of piperidine rings is 1. The summed E-state index contributed by atoms with van der Waals surface area (Å²) in [6, 6.07) is 12.3. The van der Waals surface area contributed by atoms with E-state index in [-0.39, 0.29) is 17.7 Å². The third kappa shape index (κ3) is 4.77. The van der Waals surface area contributed by atoms with Gasteiger partial charge in [0.1, 0.15) is 0 Å². The number of benzene rings is 1. The molecule has 1 aliphatic heterocycles. The van der Waals surface area contributed by atoms with Gasteiger partial charge in [-0.15, -0.1) is 0 Å². The van der Waals surface area contributed by atoms with E-state index >= 15 is 0 Å². The van der Waals surface area contributed by atoms with E-state index in [4.69, 9.17) is 0 Å². The smallest absolute Gasteiger partial charge is 0.226 e. The van der Waals surface area contributed by atoms with E-state index in [1.54, 1.807) is 12.4 Å². The standard InChI is InChI=1S/C27H33N3O2/c1-2-29-26(32)27(14-18-30(19-15-27)25(31)22-8-4-3-5-9-22)20-23-10-6-7-11-24(23)21-12-16-28-17-13-21/h3-4,6-7,10-13,16-17,22H,2,5,8-9,14-15,18-20H2,1H3,(H,29,32). The lowest BCUT2D eigenvalue weighted by Crippen LogP contribution is -2.52. The lowest BCUT2D eigenvalue weighted by atomic mass is 9.71. The fraction of sp³-hybridized carbons (Fsp3) is 0.444. The molecule has 1 aromatic carbocycles. The van der Waals surface area contributed by atoms with Crippen molar-refractivity contribution in [1.82, 2.24) is 15.2 Å². The summed E-state index contributed by atoms with van der Waals surface area (Å²) >= 11 is 0. The number of amides is 2. The summed E-state index contributed by atoms with van der Waals surface area (Å²) in [6.07, 6.45) is 12.7. The van der Waals surface area contributed by atoms with Crippen LogP contribution >= 0.6 is 0 Å². The number of carbonyl (C=O) groups excluding carboxylic acids is 2. The third-order valence-electron chi connectivity index (χ3n) is 7.01. The summed E-state index contributed by atoms with van der Waals surface area (Å²) in [5, 5.41) is 3.08. The van der Waals surface area contributed by atoms with Crippen LogP contribution < -0.4 is 5.32 Å². The van der Waals surface area contributed by atoms with Gasteiger partial charge >= 0.3 is 0 Å². The van der Waals surface area contributed by atoms with Crippen LogP contribution in [0.4, 0.5) is 0 Å². The SMILES string of the molecule is CCNC(=O)C1(Cc2ccccc2-c2ccncc2)CCN(C(=O)C2CC=CCC2)CC1. The van der Waals surface area contributed by atoms with Crippen molar-refractivity contribution >= 4 is 11.8 Å². The molecule has 2 heterocycles. The van der Waals surface area contributed by atoms with Crippen LogP contribution in [0.25, 0.3) is 11.1 Å². The molecule has 0 saturated carbocycles. The predicted molar refractivity (Wildman–Crippen MR) is 127 cm³/mol. The van der Waals surface area contributed by atoms with Gasteiger partial charge in [0.2, 0.25) is 11.8 Å². The highest BCUT2D eigenvalue weighted by Crippen LogP contribution is 2.39. The zero-order valence-corrected chi connectivity index (χ0v) is 18.9. The van der Waals surface area contributed by atoms with Gasteiger partial charge in [-0.3, -0.25) is 14.6 Å². The molecule has 32 heavy (non-hydrogen) atoms. The van der Waals surface area contributed by atoms with Crippen molar-refractivity contribution in [2.75, 3.05) is 19.6 Å². The average Bonchev–Trinajstić information content (AvgIpc) is 2.85. The molecule has 5 nitrogen and oxygen atoms in total. The Labute approximate surface area is 190 Å². The van der Waals surface area contributed by atoms with Crippen molar-refractivity contribution in [2.45, 2.75) is 45.4 Å². The highest BCUT2D eigenvalue weighted by Gasteiger charge is 2.43. The number of hydrogen-bond acceptors (Lipinski definition) is 3. The largest absolute Gasteiger partial charge is 0.356 e. The second kappa shape index (κ2) is 10.1. The number of nitrogens with one attached hydrogen (secondary N) is 1. The van der Waals surface area contributed by atoms with Crippen LogP contribution in [-0.2, 0) is 16.0 Å². The normalized spacial score (nSPS) is 20.0. The maximum absolute atomic E-state index is 13.3. The molecule has 5 heteroatoms. The molecule has 1 fully saturated rings. The molecule has 1 saturated heterocycles. The van der Waals surface area contributed by atoms with E-state index in [0.29, 0.717) is 38.9 Å². The molecule has 1 aromatic heterocycles. The molecule has 1 atom stereocenters. The van der Waals surface area contributed by atoms with Crippen LogP contribution in [0.3, 0.4) is 0 Å². The van der Waals surface area contributed by atoms with Crippen molar-refractivity contribution in [3.05, 3.63) is 66.5 Å². The Hall–Kier alpha value is -2.95. The van der Waals surface area contributed by atoms with Gasteiger partial charge < -0.3 is 10.2 Å². The fourth-order valence-corrected chi connectivity index (χ4v) is 5.12. The molecule has 1 aliphatic carbocycles. The Balaban J connectivity index is 1.55. The minimum Gasteiger partial charge on any atom is -0.356 e. The number of rotatable bonds is 6. The molecule has 4 rings (SSSR count). The molecule has 2 aromatic rings. The van der Waals surface area contributed by atoms with Gasteiger partial charge in [0, 0.05) is 37.9 Å². The number of carbonyl (C=O) groups is 2. The number of hydrogen-bond donors (Lipinski definition) is 1. The molecule has 1 unspecified atom stereocenters. The van der Waals surface area contributed by atoms with Gasteiger partial charge in [0.05, 0.1) is 5.41 Å². The summed E-state index contributed by atoms with van der Waals surface area (Å²) in [4.78, 5) is 32.5. The first kappa shape index (κ1) is 22.3. The molecule has 0 bridgehead atoms. The van der Waals surface area contributed by atoms with Crippen LogP contribution in [0.1, 0.15) is 44.6 Å². The van der Waals surface area contributed by atoms with E-state index in [1.807, 2.05) is 36.1 Å². The van der Waals surface area contributed by atoms with E-state index < -0.39 is 5.41 Å². The molecule has 0 radical (unpaired) electrons. The topological polar surface area (TPSA) is 62.3 Å². The Bertz CT molecular complexity index is 962. The quantitative estimate of drug-likeness (QED) is 0.690. The summed E-state index contributed by atoms with van der Waals surface area (Å²) in [6.45, 7) is 3.87. The first-order chi connectivity index (χ1) is 15.6. The van der Waals surface area contributed by atoms with E-state index in [0.717, 1.165) is 30.4 Å². The number of nitrogens with zero attached hydrogens (tertiary/aromatic N) is 2. The Morgan fingerprint density at radius 2 is 1.84 bits per heavy atom. The molecule has 0 spiro atoms. The number of aromatic nitrogens is 1. The minimum atomic E-state index is -0.498. The van der Waals surface area contributed by atoms with E-state index in [9.17, 15) is 9.59 Å². The van der Waals surface area contributed by atoms with Gasteiger partial charge in [-0.25, -0.2) is 0 Å². The minimum absolute atomic E-state index is 0.101. The summed E-state index contributed by atoms with van der Waals surface area (Å²) in [5.41, 5.74) is 2.93. The second-order valence-corrected chi connectivity index (χ2v) is 9.02. The van der Waals surface area contributed by atoms with Crippen molar-refractivity contribution in [3.8, 4) is 11.1 Å². The van der Waals surface area contributed by atoms with Crippen molar-refractivity contribution in [2.24, 2.45) is 11.3 Å². The Morgan fingerprint density at radius 3 is 2.53 bits per heavy atom. The van der Waals surface area contributed by atoms with Gasteiger partial charge in [-0.05, 0) is 74.3 Å². The molecule has 168 valence electrons. The second-order valence-electron chi connectivity index (χ2n) is 9.02. The maximum Gasteiger partial charge on any atom is 0.226 e. The lowest BCUT2D eigenvalue weighted by Gasteiger charge is -2.42. The molecular formula is C27H33N3O2. The molecule has 2 aliphatic rings. The number of allylic oxidation sites excluding steroid dienone is 2. The van der Waals surface area contributed by atoms with Gasteiger partial charge in [0.15, 0.2) is 0 Å². The average molecular weight is 432 g/mol. The van der Waals surface area contributed by atoms with Crippen LogP contribution in [-0.4, -0.2) is 41.3 Å². The summed E-state index contributed by atoms with van der Waals surface area (Å²) in [7, 11) is 0. The van der Waals surface area contributed by atoms with Crippen molar-refractivity contribution in [1.29, 1.82) is 0 Å². The Morgan fingerprint density at radius 1 is 1.09 bits per heavy atom. The van der Waals surface area contributed by atoms with Crippen molar-refractivity contribution in [3.63, 3.8) is 0 Å². The van der Waals surface area contributed by atoms with Gasteiger partial charge in [-0.2, -0.15) is 0 Å². The number of likely N-dealkylation sites (tertiary alicyclic amines) is 1. The third-order valence-corrected chi connectivity index (χ3v) is 7.01. The zero-order chi connectivity index (χ0) is 22.4. The van der Waals surface area contributed by atoms with Gasteiger partial charge in [0.25, 0.3) is 0 Å². The molecule has 2 amide bonds. The lowest BCUT2D eigenvalue weighted by molar-refractivity contribution is -0.143. The zero-order valence-electron chi connectivity index (χ0n) is 18.9. The van der Waals surface area contributed by atoms with Crippen LogP contribution in [0.5, 0.6) is 0 Å².